The molecule has 1 amide bonds. The summed E-state index contributed by atoms with van der Waals surface area (Å²) in [4.78, 5) is 23.1. The zero-order valence-corrected chi connectivity index (χ0v) is 18.9. The lowest BCUT2D eigenvalue weighted by atomic mass is 10.0. The summed E-state index contributed by atoms with van der Waals surface area (Å²) in [7, 11) is 0. The van der Waals surface area contributed by atoms with Gasteiger partial charge in [-0.1, -0.05) is 0 Å². The highest BCUT2D eigenvalue weighted by molar-refractivity contribution is 6.03. The van der Waals surface area contributed by atoms with E-state index in [9.17, 15) is 13.6 Å². The molecule has 5 heterocycles. The summed E-state index contributed by atoms with van der Waals surface area (Å²) in [6, 6.07) is 12.5. The van der Waals surface area contributed by atoms with E-state index in [0.29, 0.717) is 17.1 Å². The number of hydrogen-bond acceptors (Lipinski definition) is 6. The molecular formula is C25H20F2N8O. The second-order valence-electron chi connectivity index (χ2n) is 8.54. The van der Waals surface area contributed by atoms with Crippen molar-refractivity contribution in [2.24, 2.45) is 0 Å². The molecule has 0 unspecified atom stereocenters. The molecule has 1 aliphatic rings. The van der Waals surface area contributed by atoms with Crippen LogP contribution in [0.25, 0.3) is 11.3 Å². The Kier molecular flexibility index (Phi) is 5.36. The number of amides is 1. The number of carbonyl (C=O) groups excluding carboxylic acids is 1. The molecular weight excluding hydrogens is 466 g/mol. The van der Waals surface area contributed by atoms with Gasteiger partial charge in [-0.15, -0.1) is 0 Å². The van der Waals surface area contributed by atoms with Crippen LogP contribution in [0.1, 0.15) is 34.9 Å². The molecule has 180 valence electrons. The van der Waals surface area contributed by atoms with Crippen LogP contribution >= 0.6 is 0 Å². The zero-order chi connectivity index (χ0) is 24.6. The lowest BCUT2D eigenvalue weighted by molar-refractivity contribution is 0.102. The van der Waals surface area contributed by atoms with Crippen molar-refractivity contribution in [2.45, 2.75) is 18.9 Å². The van der Waals surface area contributed by atoms with Crippen LogP contribution in [0.3, 0.4) is 0 Å². The number of aromatic nitrogens is 6. The summed E-state index contributed by atoms with van der Waals surface area (Å²) in [5.74, 6) is -0.958. The number of carbonyl (C=O) groups is 1. The van der Waals surface area contributed by atoms with Crippen LogP contribution in [0.5, 0.6) is 0 Å². The third-order valence-corrected chi connectivity index (χ3v) is 6.19. The van der Waals surface area contributed by atoms with Crippen molar-refractivity contribution in [3.63, 3.8) is 0 Å². The first-order chi connectivity index (χ1) is 17.5. The molecule has 4 aromatic heterocycles. The number of benzene rings is 1. The van der Waals surface area contributed by atoms with Gasteiger partial charge in [-0.05, 0) is 60.9 Å². The van der Waals surface area contributed by atoms with Gasteiger partial charge in [0.2, 0.25) is 0 Å². The zero-order valence-electron chi connectivity index (χ0n) is 18.9. The number of pyridine rings is 2. The van der Waals surface area contributed by atoms with E-state index in [1.165, 1.54) is 35.7 Å². The summed E-state index contributed by atoms with van der Waals surface area (Å²) in [6.07, 6.45) is 7.96. The maximum Gasteiger partial charge on any atom is 0.276 e. The quantitative estimate of drug-likeness (QED) is 0.401. The van der Waals surface area contributed by atoms with Crippen LogP contribution in [0, 0.1) is 11.6 Å². The molecule has 0 saturated carbocycles. The van der Waals surface area contributed by atoms with Crippen molar-refractivity contribution in [2.75, 3.05) is 16.8 Å². The van der Waals surface area contributed by atoms with E-state index in [2.05, 4.69) is 30.4 Å². The standard InChI is InChI=1S/C25H20F2N8O/c26-17-8-16(9-18(27)10-17)23-2-1-6-33(23)20-5-7-34-21(11-20)12-22(32-34)25(36)31-19-3-4-24(29-13-19)35-15-28-14-30-35/h3-5,7-15,23H,1-2,6H2,(H,31,36)/t23-/m1/s1. The van der Waals surface area contributed by atoms with E-state index in [1.807, 2.05) is 12.1 Å². The SMILES string of the molecule is O=C(Nc1ccc(-n2cncn2)nc1)c1cc2cc(N3CCC[C@@H]3c3cc(F)cc(F)c3)ccn2n1. The van der Waals surface area contributed by atoms with Gasteiger partial charge >= 0.3 is 0 Å². The summed E-state index contributed by atoms with van der Waals surface area (Å²) in [6.45, 7) is 0.762. The first-order valence-electron chi connectivity index (χ1n) is 11.4. The third-order valence-electron chi connectivity index (χ3n) is 6.19. The fraction of sp³-hybridized carbons (Fsp3) is 0.160. The van der Waals surface area contributed by atoms with Gasteiger partial charge in [-0.3, -0.25) is 4.79 Å². The second kappa shape index (κ2) is 8.84. The predicted molar refractivity (Wildman–Crippen MR) is 128 cm³/mol. The van der Waals surface area contributed by atoms with Crippen LogP contribution in [-0.4, -0.2) is 41.8 Å². The minimum atomic E-state index is -0.581. The number of anilines is 2. The molecule has 0 spiro atoms. The maximum absolute atomic E-state index is 13.8. The Hall–Kier alpha value is -4.67. The van der Waals surface area contributed by atoms with Crippen LogP contribution in [0.2, 0.25) is 0 Å². The normalized spacial score (nSPS) is 15.5. The average molecular weight is 486 g/mol. The van der Waals surface area contributed by atoms with E-state index in [1.54, 1.807) is 28.9 Å². The fourth-order valence-electron chi connectivity index (χ4n) is 4.58. The molecule has 1 atom stereocenters. The van der Waals surface area contributed by atoms with Gasteiger partial charge in [-0.2, -0.15) is 10.2 Å². The van der Waals surface area contributed by atoms with Gasteiger partial charge < -0.3 is 10.2 Å². The Balaban J connectivity index is 1.21. The molecule has 9 nitrogen and oxygen atoms in total. The summed E-state index contributed by atoms with van der Waals surface area (Å²) >= 11 is 0. The van der Waals surface area contributed by atoms with Gasteiger partial charge in [0.05, 0.1) is 23.4 Å². The molecule has 1 N–H and O–H groups in total. The van der Waals surface area contributed by atoms with Crippen LogP contribution in [0.15, 0.2) is 73.6 Å². The number of rotatable bonds is 5. The molecule has 0 bridgehead atoms. The molecule has 0 radical (unpaired) electrons. The summed E-state index contributed by atoms with van der Waals surface area (Å²) in [5, 5.41) is 11.2. The van der Waals surface area contributed by atoms with Gasteiger partial charge in [-0.25, -0.2) is 27.9 Å². The minimum Gasteiger partial charge on any atom is -0.364 e. The lowest BCUT2D eigenvalue weighted by Gasteiger charge is -2.27. The molecule has 5 aromatic rings. The molecule has 11 heteroatoms. The number of halogens is 2. The van der Waals surface area contributed by atoms with Gasteiger partial charge in [0.1, 0.15) is 24.3 Å². The van der Waals surface area contributed by atoms with Crippen molar-refractivity contribution >= 4 is 22.8 Å². The topological polar surface area (TPSA) is 93.2 Å². The highest BCUT2D eigenvalue weighted by atomic mass is 19.1. The van der Waals surface area contributed by atoms with Crippen LogP contribution in [0.4, 0.5) is 20.2 Å². The number of nitrogens with one attached hydrogen (secondary N) is 1. The van der Waals surface area contributed by atoms with E-state index in [4.69, 9.17) is 0 Å². The van der Waals surface area contributed by atoms with Crippen molar-refractivity contribution in [1.82, 2.24) is 29.4 Å². The largest absolute Gasteiger partial charge is 0.364 e. The molecule has 0 aliphatic carbocycles. The Bertz CT molecular complexity index is 1530. The Morgan fingerprint density at radius 3 is 2.67 bits per heavy atom. The molecule has 1 aliphatic heterocycles. The smallest absolute Gasteiger partial charge is 0.276 e. The fourth-order valence-corrected chi connectivity index (χ4v) is 4.58. The third kappa shape index (κ3) is 4.15. The second-order valence-corrected chi connectivity index (χ2v) is 8.54. The van der Waals surface area contributed by atoms with Crippen LogP contribution in [-0.2, 0) is 0 Å². The number of nitrogens with zero attached hydrogens (tertiary/aromatic N) is 7. The lowest BCUT2D eigenvalue weighted by Crippen LogP contribution is -2.22. The number of hydrogen-bond donors (Lipinski definition) is 1. The maximum atomic E-state index is 13.8. The first-order valence-corrected chi connectivity index (χ1v) is 11.4. The number of fused-ring (bicyclic) bond motifs is 1. The van der Waals surface area contributed by atoms with Gasteiger partial charge in [0.25, 0.3) is 5.91 Å². The summed E-state index contributed by atoms with van der Waals surface area (Å²) < 4.78 is 30.8. The Morgan fingerprint density at radius 2 is 1.92 bits per heavy atom. The van der Waals surface area contributed by atoms with Crippen molar-refractivity contribution in [3.05, 3.63) is 96.5 Å². The molecule has 1 saturated heterocycles. The monoisotopic (exact) mass is 486 g/mol. The Morgan fingerprint density at radius 1 is 1.06 bits per heavy atom. The van der Waals surface area contributed by atoms with E-state index < -0.39 is 11.6 Å². The van der Waals surface area contributed by atoms with Crippen molar-refractivity contribution < 1.29 is 13.6 Å². The summed E-state index contributed by atoms with van der Waals surface area (Å²) in [5.41, 5.74) is 3.01. The van der Waals surface area contributed by atoms with E-state index in [0.717, 1.165) is 36.7 Å². The van der Waals surface area contributed by atoms with Gasteiger partial charge in [0.15, 0.2) is 11.5 Å². The average Bonchev–Trinajstić information content (AvgIpc) is 3.64. The molecule has 1 fully saturated rings. The minimum absolute atomic E-state index is 0.128. The first kappa shape index (κ1) is 21.8. The molecule has 6 rings (SSSR count). The molecule has 1 aromatic carbocycles. The highest BCUT2D eigenvalue weighted by Gasteiger charge is 2.27. The molecule has 36 heavy (non-hydrogen) atoms. The van der Waals surface area contributed by atoms with Crippen molar-refractivity contribution in [3.8, 4) is 5.82 Å². The van der Waals surface area contributed by atoms with E-state index >= 15 is 0 Å². The van der Waals surface area contributed by atoms with Crippen molar-refractivity contribution in [1.29, 1.82) is 0 Å². The Labute approximate surface area is 204 Å². The van der Waals surface area contributed by atoms with Gasteiger partial charge in [0, 0.05) is 24.5 Å². The highest BCUT2D eigenvalue weighted by Crippen LogP contribution is 2.37. The predicted octanol–water partition coefficient (Wildman–Crippen LogP) is 4.18. The van der Waals surface area contributed by atoms with E-state index in [-0.39, 0.29) is 17.6 Å². The van der Waals surface area contributed by atoms with Crippen LogP contribution < -0.4 is 10.2 Å².